The highest BCUT2D eigenvalue weighted by molar-refractivity contribution is 6.47. The molecular formula is C37H25NO4. The van der Waals surface area contributed by atoms with E-state index in [1.165, 1.54) is 0 Å². The number of rotatable bonds is 5. The number of ketones is 1. The van der Waals surface area contributed by atoms with Crippen LogP contribution in [-0.2, 0) is 30.1 Å². The molecule has 7 rings (SSSR count). The number of carbonyl (C=O) groups is 3. The van der Waals surface area contributed by atoms with Gasteiger partial charge in [0.05, 0.1) is 11.3 Å². The number of esters is 1. The number of Topliss-reactive ketones (excluding diaryl/α,β-unsaturated/α-hetero) is 1. The first kappa shape index (κ1) is 25.4. The van der Waals surface area contributed by atoms with Gasteiger partial charge in [-0.15, -0.1) is 0 Å². The summed E-state index contributed by atoms with van der Waals surface area (Å²) in [6.45, 7) is 0. The summed E-state index contributed by atoms with van der Waals surface area (Å²) >= 11 is 0. The molecule has 1 amide bonds. The summed E-state index contributed by atoms with van der Waals surface area (Å²) in [7, 11) is 0. The SMILES string of the molecule is O=C1O[C@]2(c3ccccc3)C(=C(c3ccccc3)N(c3ccccc3)C(=O)C2(c2ccccc2)c2ccccc2)C1=O. The van der Waals surface area contributed by atoms with E-state index in [1.54, 1.807) is 4.90 Å². The van der Waals surface area contributed by atoms with Crippen LogP contribution in [0.25, 0.3) is 5.70 Å². The third-order valence-corrected chi connectivity index (χ3v) is 8.18. The van der Waals surface area contributed by atoms with Crippen LogP contribution >= 0.6 is 0 Å². The van der Waals surface area contributed by atoms with Crippen LogP contribution in [0.3, 0.4) is 0 Å². The fourth-order valence-electron chi connectivity index (χ4n) is 6.55. The van der Waals surface area contributed by atoms with Gasteiger partial charge in [0.1, 0.15) is 5.41 Å². The molecule has 2 heterocycles. The van der Waals surface area contributed by atoms with Gasteiger partial charge >= 0.3 is 5.97 Å². The molecule has 0 aromatic heterocycles. The Labute approximate surface area is 243 Å². The van der Waals surface area contributed by atoms with Crippen molar-refractivity contribution >= 4 is 29.0 Å². The molecule has 0 spiro atoms. The largest absolute Gasteiger partial charge is 0.441 e. The van der Waals surface area contributed by atoms with Gasteiger partial charge in [-0.05, 0) is 28.8 Å². The van der Waals surface area contributed by atoms with E-state index in [-0.39, 0.29) is 11.5 Å². The summed E-state index contributed by atoms with van der Waals surface area (Å²) in [6, 6.07) is 46.2. The molecule has 1 fully saturated rings. The monoisotopic (exact) mass is 547 g/mol. The van der Waals surface area contributed by atoms with Crippen LogP contribution in [-0.4, -0.2) is 17.7 Å². The van der Waals surface area contributed by atoms with Crippen LogP contribution < -0.4 is 4.90 Å². The first-order valence-electron chi connectivity index (χ1n) is 13.7. The molecular weight excluding hydrogens is 522 g/mol. The van der Waals surface area contributed by atoms with Crippen molar-refractivity contribution in [2.24, 2.45) is 0 Å². The second-order valence-electron chi connectivity index (χ2n) is 10.3. The lowest BCUT2D eigenvalue weighted by molar-refractivity contribution is -0.159. The number of nitrogens with zero attached hydrogens (tertiary/aromatic N) is 1. The lowest BCUT2D eigenvalue weighted by Gasteiger charge is -2.53. The van der Waals surface area contributed by atoms with E-state index in [9.17, 15) is 9.59 Å². The number of benzene rings is 5. The predicted molar refractivity (Wildman–Crippen MR) is 160 cm³/mol. The van der Waals surface area contributed by atoms with Gasteiger partial charge in [-0.3, -0.25) is 14.5 Å². The molecule has 202 valence electrons. The maximum absolute atomic E-state index is 15.8. The first-order valence-corrected chi connectivity index (χ1v) is 13.7. The zero-order valence-corrected chi connectivity index (χ0v) is 22.5. The molecule has 42 heavy (non-hydrogen) atoms. The summed E-state index contributed by atoms with van der Waals surface area (Å²) in [5, 5.41) is 0. The average molecular weight is 548 g/mol. The number of para-hydroxylation sites is 1. The molecule has 5 aromatic rings. The fourth-order valence-corrected chi connectivity index (χ4v) is 6.55. The standard InChI is InChI=1S/C37H25NO4/c39-33-31-32(26-16-6-1-7-17-26)38(30-24-14-5-15-25-30)35(41)36(27-18-8-2-9-19-27,28-20-10-3-11-21-28)37(31,42-34(33)40)29-22-12-4-13-23-29/h1-25H/t37-/m1/s1. The van der Waals surface area contributed by atoms with Crippen molar-refractivity contribution in [3.63, 3.8) is 0 Å². The van der Waals surface area contributed by atoms with Crippen molar-refractivity contribution in [3.05, 3.63) is 179 Å². The molecule has 0 radical (unpaired) electrons. The van der Waals surface area contributed by atoms with Gasteiger partial charge in [0.25, 0.3) is 11.7 Å². The Balaban J connectivity index is 1.76. The lowest BCUT2D eigenvalue weighted by atomic mass is 9.55. The highest BCUT2D eigenvalue weighted by Crippen LogP contribution is 2.62. The molecule has 1 saturated heterocycles. The number of anilines is 1. The number of ether oxygens (including phenoxy) is 1. The van der Waals surface area contributed by atoms with E-state index in [1.807, 2.05) is 152 Å². The zero-order chi connectivity index (χ0) is 28.7. The third-order valence-electron chi connectivity index (χ3n) is 8.18. The Morgan fingerprint density at radius 1 is 0.500 bits per heavy atom. The molecule has 5 heteroatoms. The van der Waals surface area contributed by atoms with Gasteiger partial charge in [0, 0.05) is 11.3 Å². The maximum Gasteiger partial charge on any atom is 0.380 e. The quantitative estimate of drug-likeness (QED) is 0.187. The summed E-state index contributed by atoms with van der Waals surface area (Å²) < 4.78 is 6.39. The topological polar surface area (TPSA) is 63.7 Å². The normalized spacial score (nSPS) is 19.4. The first-order chi connectivity index (χ1) is 20.6. The van der Waals surface area contributed by atoms with Gasteiger partial charge in [0.15, 0.2) is 5.60 Å². The van der Waals surface area contributed by atoms with Crippen LogP contribution in [0.2, 0.25) is 0 Å². The number of hydrogen-bond donors (Lipinski definition) is 0. The molecule has 0 N–H and O–H groups in total. The number of carbonyl (C=O) groups excluding carboxylic acids is 3. The van der Waals surface area contributed by atoms with Gasteiger partial charge in [-0.1, -0.05) is 140 Å². The number of amides is 1. The Morgan fingerprint density at radius 3 is 1.43 bits per heavy atom. The summed E-state index contributed by atoms with van der Waals surface area (Å²) in [5.74, 6) is -2.12. The molecule has 0 unspecified atom stereocenters. The van der Waals surface area contributed by atoms with E-state index < -0.39 is 22.8 Å². The van der Waals surface area contributed by atoms with E-state index >= 15 is 4.79 Å². The highest BCUT2D eigenvalue weighted by atomic mass is 16.6. The number of hydrogen-bond acceptors (Lipinski definition) is 4. The molecule has 0 saturated carbocycles. The van der Waals surface area contributed by atoms with Gasteiger partial charge in [0.2, 0.25) is 0 Å². The third kappa shape index (κ3) is 3.40. The van der Waals surface area contributed by atoms with Gasteiger partial charge in [-0.25, -0.2) is 4.79 Å². The minimum atomic E-state index is -1.81. The predicted octanol–water partition coefficient (Wildman–Crippen LogP) is 6.45. The minimum Gasteiger partial charge on any atom is -0.441 e. The van der Waals surface area contributed by atoms with Crippen molar-refractivity contribution in [1.82, 2.24) is 0 Å². The number of fused-ring (bicyclic) bond motifs is 1. The Morgan fingerprint density at radius 2 is 0.929 bits per heavy atom. The van der Waals surface area contributed by atoms with E-state index in [2.05, 4.69) is 0 Å². The molecule has 0 aliphatic carbocycles. The lowest BCUT2D eigenvalue weighted by Crippen LogP contribution is -2.64. The Hall–Kier alpha value is -5.55. The second-order valence-corrected chi connectivity index (χ2v) is 10.3. The zero-order valence-electron chi connectivity index (χ0n) is 22.5. The molecule has 1 atom stereocenters. The highest BCUT2D eigenvalue weighted by Gasteiger charge is 2.73. The summed E-state index contributed by atoms with van der Waals surface area (Å²) in [5.41, 5.74) is -0.112. The Bertz CT molecular complexity index is 1800. The van der Waals surface area contributed by atoms with Crippen molar-refractivity contribution in [3.8, 4) is 0 Å². The smallest absolute Gasteiger partial charge is 0.380 e. The van der Waals surface area contributed by atoms with Crippen LogP contribution in [0.1, 0.15) is 22.3 Å². The van der Waals surface area contributed by atoms with Gasteiger partial charge in [-0.2, -0.15) is 0 Å². The molecule has 5 aromatic carbocycles. The van der Waals surface area contributed by atoms with Crippen LogP contribution in [0.5, 0.6) is 0 Å². The van der Waals surface area contributed by atoms with Crippen LogP contribution in [0.15, 0.2) is 157 Å². The van der Waals surface area contributed by atoms with Crippen LogP contribution in [0.4, 0.5) is 5.69 Å². The summed E-state index contributed by atoms with van der Waals surface area (Å²) in [4.78, 5) is 45.3. The van der Waals surface area contributed by atoms with Crippen molar-refractivity contribution in [2.45, 2.75) is 11.0 Å². The van der Waals surface area contributed by atoms with E-state index in [4.69, 9.17) is 4.74 Å². The van der Waals surface area contributed by atoms with Crippen molar-refractivity contribution in [2.75, 3.05) is 4.90 Å². The minimum absolute atomic E-state index is 0.126. The molecule has 5 nitrogen and oxygen atoms in total. The molecule has 2 aliphatic heterocycles. The van der Waals surface area contributed by atoms with Crippen molar-refractivity contribution in [1.29, 1.82) is 0 Å². The molecule has 2 aliphatic rings. The average Bonchev–Trinajstić information content (AvgIpc) is 3.33. The molecule has 0 bridgehead atoms. The fraction of sp³-hybridized carbons (Fsp3) is 0.0541. The summed E-state index contributed by atoms with van der Waals surface area (Å²) in [6.07, 6.45) is 0. The van der Waals surface area contributed by atoms with E-state index in [0.29, 0.717) is 33.6 Å². The second kappa shape index (κ2) is 9.82. The maximum atomic E-state index is 15.8. The van der Waals surface area contributed by atoms with E-state index in [0.717, 1.165) is 0 Å². The van der Waals surface area contributed by atoms with Crippen LogP contribution in [0, 0.1) is 0 Å². The Kier molecular flexibility index (Phi) is 5.94. The van der Waals surface area contributed by atoms with Crippen molar-refractivity contribution < 1.29 is 19.1 Å². The van der Waals surface area contributed by atoms with Gasteiger partial charge < -0.3 is 4.74 Å².